The molecule has 0 aliphatic carbocycles. The number of carbonyl (C=O) groups excluding carboxylic acids is 1. The lowest BCUT2D eigenvalue weighted by molar-refractivity contribution is -0.135. The van der Waals surface area contributed by atoms with E-state index in [1.807, 2.05) is 0 Å². The Balaban J connectivity index is 1.51. The standard InChI is InChI=1S/C15H27N3O/c1-12-4-5-13(10-16-12)15(19)18-9-6-14(11-18)17-7-2-3-8-17/h12-14,16H,2-11H2,1H3. The molecule has 3 saturated heterocycles. The second kappa shape index (κ2) is 5.80. The Hall–Kier alpha value is -0.610. The largest absolute Gasteiger partial charge is 0.341 e. The van der Waals surface area contributed by atoms with Gasteiger partial charge in [-0.05, 0) is 52.1 Å². The number of carbonyl (C=O) groups is 1. The van der Waals surface area contributed by atoms with E-state index in [9.17, 15) is 4.79 Å². The Morgan fingerprint density at radius 1 is 1.11 bits per heavy atom. The van der Waals surface area contributed by atoms with Gasteiger partial charge in [0.1, 0.15) is 0 Å². The fourth-order valence-corrected chi connectivity index (χ4v) is 3.81. The summed E-state index contributed by atoms with van der Waals surface area (Å²) in [5, 5.41) is 3.44. The molecular formula is C15H27N3O. The second-order valence-corrected chi connectivity index (χ2v) is 6.55. The first kappa shape index (κ1) is 13.4. The Morgan fingerprint density at radius 3 is 2.58 bits per heavy atom. The molecule has 1 amide bonds. The van der Waals surface area contributed by atoms with E-state index in [2.05, 4.69) is 22.0 Å². The summed E-state index contributed by atoms with van der Waals surface area (Å²) in [6.07, 6.45) is 6.07. The summed E-state index contributed by atoms with van der Waals surface area (Å²) < 4.78 is 0. The predicted molar refractivity (Wildman–Crippen MR) is 76.0 cm³/mol. The molecule has 1 N–H and O–H groups in total. The predicted octanol–water partition coefficient (Wildman–Crippen LogP) is 1.07. The van der Waals surface area contributed by atoms with Crippen LogP contribution in [0.3, 0.4) is 0 Å². The van der Waals surface area contributed by atoms with E-state index < -0.39 is 0 Å². The van der Waals surface area contributed by atoms with E-state index in [0.29, 0.717) is 18.0 Å². The summed E-state index contributed by atoms with van der Waals surface area (Å²) in [5.41, 5.74) is 0. The lowest BCUT2D eigenvalue weighted by atomic mass is 9.94. The molecule has 4 nitrogen and oxygen atoms in total. The molecule has 3 aliphatic rings. The van der Waals surface area contributed by atoms with Gasteiger partial charge in [-0.3, -0.25) is 9.69 Å². The average molecular weight is 265 g/mol. The molecule has 19 heavy (non-hydrogen) atoms. The molecule has 0 spiro atoms. The summed E-state index contributed by atoms with van der Waals surface area (Å²) in [6.45, 7) is 7.53. The van der Waals surface area contributed by atoms with Crippen LogP contribution in [0, 0.1) is 5.92 Å². The van der Waals surface area contributed by atoms with Crippen LogP contribution in [0.5, 0.6) is 0 Å². The van der Waals surface area contributed by atoms with Crippen molar-refractivity contribution in [3.8, 4) is 0 Å². The topological polar surface area (TPSA) is 35.6 Å². The highest BCUT2D eigenvalue weighted by Crippen LogP contribution is 2.24. The molecule has 4 heteroatoms. The van der Waals surface area contributed by atoms with Gasteiger partial charge in [-0.15, -0.1) is 0 Å². The molecule has 3 rings (SSSR count). The summed E-state index contributed by atoms with van der Waals surface area (Å²) in [6, 6.07) is 1.22. The van der Waals surface area contributed by atoms with E-state index in [1.165, 1.54) is 32.4 Å². The third kappa shape index (κ3) is 2.95. The molecule has 0 aromatic rings. The zero-order chi connectivity index (χ0) is 13.2. The number of hydrogen-bond donors (Lipinski definition) is 1. The number of amides is 1. The van der Waals surface area contributed by atoms with Crippen LogP contribution in [0.4, 0.5) is 0 Å². The van der Waals surface area contributed by atoms with Crippen molar-refractivity contribution in [2.75, 3.05) is 32.7 Å². The van der Waals surface area contributed by atoms with Gasteiger partial charge < -0.3 is 10.2 Å². The first-order valence-corrected chi connectivity index (χ1v) is 8.00. The normalized spacial score (nSPS) is 36.9. The van der Waals surface area contributed by atoms with Crippen LogP contribution in [0.1, 0.15) is 39.0 Å². The maximum Gasteiger partial charge on any atom is 0.227 e. The molecule has 3 unspecified atom stereocenters. The van der Waals surface area contributed by atoms with Gasteiger partial charge in [0.15, 0.2) is 0 Å². The van der Waals surface area contributed by atoms with Crippen LogP contribution in [-0.4, -0.2) is 60.5 Å². The highest BCUT2D eigenvalue weighted by Gasteiger charge is 2.35. The number of nitrogens with one attached hydrogen (secondary N) is 1. The van der Waals surface area contributed by atoms with Gasteiger partial charge in [0.25, 0.3) is 0 Å². The van der Waals surface area contributed by atoms with Crippen LogP contribution in [0.2, 0.25) is 0 Å². The van der Waals surface area contributed by atoms with Crippen molar-refractivity contribution in [1.82, 2.24) is 15.1 Å². The Kier molecular flexibility index (Phi) is 4.08. The van der Waals surface area contributed by atoms with Gasteiger partial charge in [-0.1, -0.05) is 0 Å². The van der Waals surface area contributed by atoms with Crippen molar-refractivity contribution in [3.63, 3.8) is 0 Å². The van der Waals surface area contributed by atoms with Crippen LogP contribution in [-0.2, 0) is 4.79 Å². The smallest absolute Gasteiger partial charge is 0.227 e. The van der Waals surface area contributed by atoms with Crippen molar-refractivity contribution >= 4 is 5.91 Å². The van der Waals surface area contributed by atoms with E-state index >= 15 is 0 Å². The van der Waals surface area contributed by atoms with Crippen molar-refractivity contribution < 1.29 is 4.79 Å². The fraction of sp³-hybridized carbons (Fsp3) is 0.933. The van der Waals surface area contributed by atoms with Gasteiger partial charge in [0.2, 0.25) is 5.91 Å². The monoisotopic (exact) mass is 265 g/mol. The Bertz CT molecular complexity index is 319. The van der Waals surface area contributed by atoms with Gasteiger partial charge in [-0.25, -0.2) is 0 Å². The molecule has 3 aliphatic heterocycles. The summed E-state index contributed by atoms with van der Waals surface area (Å²) in [4.78, 5) is 17.3. The van der Waals surface area contributed by atoms with Gasteiger partial charge >= 0.3 is 0 Å². The van der Waals surface area contributed by atoms with E-state index in [0.717, 1.165) is 32.5 Å². The van der Waals surface area contributed by atoms with Crippen molar-refractivity contribution in [2.24, 2.45) is 5.92 Å². The summed E-state index contributed by atoms with van der Waals surface area (Å²) >= 11 is 0. The zero-order valence-electron chi connectivity index (χ0n) is 12.1. The second-order valence-electron chi connectivity index (χ2n) is 6.55. The molecule has 3 fully saturated rings. The van der Waals surface area contributed by atoms with Crippen molar-refractivity contribution in [2.45, 2.75) is 51.1 Å². The maximum atomic E-state index is 12.5. The molecule has 0 aromatic heterocycles. The molecule has 0 bridgehead atoms. The maximum absolute atomic E-state index is 12.5. The van der Waals surface area contributed by atoms with Crippen LogP contribution < -0.4 is 5.32 Å². The quantitative estimate of drug-likeness (QED) is 0.811. The number of hydrogen-bond acceptors (Lipinski definition) is 3. The average Bonchev–Trinajstić information content (AvgIpc) is 3.10. The van der Waals surface area contributed by atoms with Gasteiger partial charge in [-0.2, -0.15) is 0 Å². The van der Waals surface area contributed by atoms with E-state index in [4.69, 9.17) is 0 Å². The molecular weight excluding hydrogens is 238 g/mol. The zero-order valence-corrected chi connectivity index (χ0v) is 12.1. The van der Waals surface area contributed by atoms with Crippen LogP contribution >= 0.6 is 0 Å². The molecule has 108 valence electrons. The lowest BCUT2D eigenvalue weighted by Crippen LogP contribution is -2.46. The summed E-state index contributed by atoms with van der Waals surface area (Å²) in [5.74, 6) is 0.634. The Labute approximate surface area is 116 Å². The summed E-state index contributed by atoms with van der Waals surface area (Å²) in [7, 11) is 0. The molecule has 0 aromatic carbocycles. The minimum absolute atomic E-state index is 0.230. The molecule has 0 saturated carbocycles. The third-order valence-electron chi connectivity index (χ3n) is 5.14. The van der Waals surface area contributed by atoms with E-state index in [1.54, 1.807) is 0 Å². The van der Waals surface area contributed by atoms with Gasteiger partial charge in [0, 0.05) is 31.7 Å². The lowest BCUT2D eigenvalue weighted by Gasteiger charge is -2.30. The SMILES string of the molecule is CC1CCC(C(=O)N2CCC(N3CCCC3)C2)CN1. The number of piperidine rings is 1. The first-order valence-electron chi connectivity index (χ1n) is 8.00. The number of likely N-dealkylation sites (tertiary alicyclic amines) is 2. The fourth-order valence-electron chi connectivity index (χ4n) is 3.81. The Morgan fingerprint density at radius 2 is 1.89 bits per heavy atom. The van der Waals surface area contributed by atoms with Gasteiger partial charge in [0.05, 0.1) is 5.92 Å². The third-order valence-corrected chi connectivity index (χ3v) is 5.14. The highest BCUT2D eigenvalue weighted by molar-refractivity contribution is 5.79. The van der Waals surface area contributed by atoms with Crippen molar-refractivity contribution in [3.05, 3.63) is 0 Å². The molecule has 3 atom stereocenters. The minimum Gasteiger partial charge on any atom is -0.341 e. The van der Waals surface area contributed by atoms with Crippen LogP contribution in [0.15, 0.2) is 0 Å². The number of rotatable bonds is 2. The van der Waals surface area contributed by atoms with Crippen molar-refractivity contribution in [1.29, 1.82) is 0 Å². The minimum atomic E-state index is 0.230. The molecule has 0 radical (unpaired) electrons. The highest BCUT2D eigenvalue weighted by atomic mass is 16.2. The number of nitrogens with zero attached hydrogens (tertiary/aromatic N) is 2. The molecule has 3 heterocycles. The van der Waals surface area contributed by atoms with E-state index in [-0.39, 0.29) is 5.92 Å². The van der Waals surface area contributed by atoms with Crippen LogP contribution in [0.25, 0.3) is 0 Å². The first-order chi connectivity index (χ1) is 9.24.